The summed E-state index contributed by atoms with van der Waals surface area (Å²) in [4.78, 5) is 6.88. The van der Waals surface area contributed by atoms with Crippen LogP contribution in [0.15, 0.2) is 30.5 Å². The molecule has 106 valence electrons. The molecule has 2 heterocycles. The fraction of sp³-hybridized carbons (Fsp3) is 0.471. The van der Waals surface area contributed by atoms with E-state index in [2.05, 4.69) is 44.0 Å². The molecule has 3 rings (SSSR count). The number of aryl methyl sites for hydroxylation is 1. The van der Waals surface area contributed by atoms with Crippen LogP contribution in [0.1, 0.15) is 60.2 Å². The number of rotatable bonds is 2. The average molecular weight is 287 g/mol. The Bertz CT molecular complexity index is 611. The van der Waals surface area contributed by atoms with E-state index in [0.717, 1.165) is 23.4 Å². The van der Waals surface area contributed by atoms with Crippen LogP contribution in [0, 0.1) is 0 Å². The predicted octanol–water partition coefficient (Wildman–Crippen LogP) is 4.20. The molecule has 0 aliphatic heterocycles. The van der Waals surface area contributed by atoms with E-state index in [-0.39, 0.29) is 11.3 Å². The van der Waals surface area contributed by atoms with Gasteiger partial charge in [-0.3, -0.25) is 4.98 Å². The van der Waals surface area contributed by atoms with Gasteiger partial charge in [0.1, 0.15) is 0 Å². The number of fused-ring (bicyclic) bond motifs is 1. The molecule has 0 bridgehead atoms. The lowest BCUT2D eigenvalue weighted by Crippen LogP contribution is -2.09. The Kier molecular flexibility index (Phi) is 3.43. The maximum Gasteiger partial charge on any atom is 0.0965 e. The van der Waals surface area contributed by atoms with E-state index in [1.807, 2.05) is 12.3 Å². The number of thiophene rings is 1. The minimum Gasteiger partial charge on any atom is -0.387 e. The number of hydrogen-bond donors (Lipinski definition) is 1. The van der Waals surface area contributed by atoms with Crippen molar-refractivity contribution in [2.45, 2.75) is 51.0 Å². The summed E-state index contributed by atoms with van der Waals surface area (Å²) in [6.45, 7) is 6.63. The Morgan fingerprint density at radius 1 is 1.30 bits per heavy atom. The molecule has 0 aromatic carbocycles. The molecule has 2 nitrogen and oxygen atoms in total. The van der Waals surface area contributed by atoms with Gasteiger partial charge in [0, 0.05) is 27.6 Å². The lowest BCUT2D eigenvalue weighted by atomic mass is 9.94. The van der Waals surface area contributed by atoms with Gasteiger partial charge in [0.25, 0.3) is 0 Å². The summed E-state index contributed by atoms with van der Waals surface area (Å²) in [5.74, 6) is 0.151. The molecule has 0 fully saturated rings. The lowest BCUT2D eigenvalue weighted by molar-refractivity contribution is 0.147. The van der Waals surface area contributed by atoms with Crippen molar-refractivity contribution in [1.82, 2.24) is 4.98 Å². The number of aromatic nitrogens is 1. The van der Waals surface area contributed by atoms with Crippen LogP contribution in [0.4, 0.5) is 0 Å². The normalized spacial score (nSPS) is 19.9. The number of hydrogen-bond acceptors (Lipinski definition) is 3. The first-order valence-corrected chi connectivity index (χ1v) is 8.00. The standard InChI is InChI=1S/C17H21NOS/c1-17(2,3)14-9-8-13(20-14)16(19)12-7-6-11-5-4-10-18-15(11)12/h4-5,8-10,12,16,19H,6-7H2,1-3H3. The van der Waals surface area contributed by atoms with Gasteiger partial charge in [0.15, 0.2) is 0 Å². The summed E-state index contributed by atoms with van der Waals surface area (Å²) in [5, 5.41) is 10.7. The van der Waals surface area contributed by atoms with Gasteiger partial charge in [-0.2, -0.15) is 0 Å². The minimum atomic E-state index is -0.424. The summed E-state index contributed by atoms with van der Waals surface area (Å²) >= 11 is 1.73. The molecule has 1 aliphatic carbocycles. The lowest BCUT2D eigenvalue weighted by Gasteiger charge is -2.18. The van der Waals surface area contributed by atoms with Crippen molar-refractivity contribution in [3.63, 3.8) is 0 Å². The highest BCUT2D eigenvalue weighted by Crippen LogP contribution is 2.43. The highest BCUT2D eigenvalue weighted by atomic mass is 32.1. The Hall–Kier alpha value is -1.19. The smallest absolute Gasteiger partial charge is 0.0965 e. The van der Waals surface area contributed by atoms with E-state index in [1.165, 1.54) is 10.4 Å². The minimum absolute atomic E-state index is 0.147. The van der Waals surface area contributed by atoms with E-state index in [9.17, 15) is 5.11 Å². The first-order chi connectivity index (χ1) is 9.47. The summed E-state index contributed by atoms with van der Waals surface area (Å²) in [6, 6.07) is 8.34. The fourth-order valence-electron chi connectivity index (χ4n) is 2.86. The van der Waals surface area contributed by atoms with Gasteiger partial charge in [-0.15, -0.1) is 11.3 Å². The molecular weight excluding hydrogens is 266 g/mol. The molecule has 2 aromatic heterocycles. The molecule has 0 saturated carbocycles. The van der Waals surface area contributed by atoms with Crippen molar-refractivity contribution in [3.8, 4) is 0 Å². The topological polar surface area (TPSA) is 33.1 Å². The predicted molar refractivity (Wildman–Crippen MR) is 83.3 cm³/mol. The number of nitrogens with zero attached hydrogens (tertiary/aromatic N) is 1. The SMILES string of the molecule is CC(C)(C)c1ccc(C(O)C2CCc3cccnc32)s1. The van der Waals surface area contributed by atoms with Crippen molar-refractivity contribution >= 4 is 11.3 Å². The highest BCUT2D eigenvalue weighted by Gasteiger charge is 2.32. The Labute approximate surface area is 124 Å². The summed E-state index contributed by atoms with van der Waals surface area (Å²) < 4.78 is 0. The van der Waals surface area contributed by atoms with E-state index < -0.39 is 6.10 Å². The molecule has 0 amide bonds. The quantitative estimate of drug-likeness (QED) is 0.897. The Morgan fingerprint density at radius 3 is 2.80 bits per heavy atom. The van der Waals surface area contributed by atoms with E-state index in [1.54, 1.807) is 11.3 Å². The van der Waals surface area contributed by atoms with Crippen LogP contribution in [0.3, 0.4) is 0 Å². The van der Waals surface area contributed by atoms with Gasteiger partial charge < -0.3 is 5.11 Å². The third-order valence-electron chi connectivity index (χ3n) is 4.04. The molecule has 1 aliphatic rings. The van der Waals surface area contributed by atoms with Crippen molar-refractivity contribution in [1.29, 1.82) is 0 Å². The van der Waals surface area contributed by atoms with E-state index in [0.29, 0.717) is 0 Å². The van der Waals surface area contributed by atoms with Gasteiger partial charge in [0.05, 0.1) is 6.10 Å². The summed E-state index contributed by atoms with van der Waals surface area (Å²) in [6.07, 6.45) is 3.43. The molecule has 0 spiro atoms. The van der Waals surface area contributed by atoms with E-state index >= 15 is 0 Å². The fourth-order valence-corrected chi connectivity index (χ4v) is 3.98. The number of aliphatic hydroxyl groups excluding tert-OH is 1. The maximum absolute atomic E-state index is 10.7. The third-order valence-corrected chi connectivity index (χ3v) is 5.62. The molecule has 1 N–H and O–H groups in total. The average Bonchev–Trinajstić information content (AvgIpc) is 3.04. The van der Waals surface area contributed by atoms with Crippen LogP contribution in [0.5, 0.6) is 0 Å². The second-order valence-electron chi connectivity index (χ2n) is 6.59. The zero-order valence-electron chi connectivity index (χ0n) is 12.3. The Morgan fingerprint density at radius 2 is 2.10 bits per heavy atom. The van der Waals surface area contributed by atoms with Gasteiger partial charge in [-0.25, -0.2) is 0 Å². The molecule has 20 heavy (non-hydrogen) atoms. The van der Waals surface area contributed by atoms with Gasteiger partial charge >= 0.3 is 0 Å². The van der Waals surface area contributed by atoms with Crippen molar-refractivity contribution in [3.05, 3.63) is 51.5 Å². The second kappa shape index (κ2) is 4.97. The van der Waals surface area contributed by atoms with Crippen molar-refractivity contribution in [2.24, 2.45) is 0 Å². The van der Waals surface area contributed by atoms with Crippen molar-refractivity contribution < 1.29 is 5.11 Å². The highest BCUT2D eigenvalue weighted by molar-refractivity contribution is 7.12. The molecule has 2 unspecified atom stereocenters. The van der Waals surface area contributed by atoms with Gasteiger partial charge in [-0.05, 0) is 42.0 Å². The molecule has 2 atom stereocenters. The number of pyridine rings is 1. The first kappa shape index (κ1) is 13.8. The van der Waals surface area contributed by atoms with Crippen molar-refractivity contribution in [2.75, 3.05) is 0 Å². The second-order valence-corrected chi connectivity index (χ2v) is 7.71. The zero-order valence-corrected chi connectivity index (χ0v) is 13.1. The zero-order chi connectivity index (χ0) is 14.3. The third kappa shape index (κ3) is 2.40. The summed E-state index contributed by atoms with van der Waals surface area (Å²) in [7, 11) is 0. The van der Waals surface area contributed by atoms with Crippen LogP contribution < -0.4 is 0 Å². The van der Waals surface area contributed by atoms with Gasteiger partial charge in [0.2, 0.25) is 0 Å². The van der Waals surface area contributed by atoms with Crippen LogP contribution >= 0.6 is 11.3 Å². The van der Waals surface area contributed by atoms with Crippen LogP contribution in [0.25, 0.3) is 0 Å². The molecule has 0 saturated heterocycles. The van der Waals surface area contributed by atoms with Crippen LogP contribution in [-0.2, 0) is 11.8 Å². The maximum atomic E-state index is 10.7. The Balaban J connectivity index is 1.87. The van der Waals surface area contributed by atoms with Crippen LogP contribution in [-0.4, -0.2) is 10.1 Å². The summed E-state index contributed by atoms with van der Waals surface area (Å²) in [5.41, 5.74) is 2.53. The van der Waals surface area contributed by atoms with Crippen LogP contribution in [0.2, 0.25) is 0 Å². The first-order valence-electron chi connectivity index (χ1n) is 7.19. The molecule has 2 aromatic rings. The molecule has 3 heteroatoms. The number of aliphatic hydroxyl groups is 1. The molecule has 0 radical (unpaired) electrons. The monoisotopic (exact) mass is 287 g/mol. The largest absolute Gasteiger partial charge is 0.387 e. The van der Waals surface area contributed by atoms with Gasteiger partial charge in [-0.1, -0.05) is 26.8 Å². The van der Waals surface area contributed by atoms with E-state index in [4.69, 9.17) is 0 Å². The molecular formula is C17H21NOS.